The highest BCUT2D eigenvalue weighted by molar-refractivity contribution is 5.17. The van der Waals surface area contributed by atoms with Gasteiger partial charge < -0.3 is 5.32 Å². The summed E-state index contributed by atoms with van der Waals surface area (Å²) in [7, 11) is 0. The smallest absolute Gasteiger partial charge is 0.0240 e. The first-order valence-corrected chi connectivity index (χ1v) is 9.07. The fourth-order valence-electron chi connectivity index (χ4n) is 2.68. The minimum absolute atomic E-state index is 0.194. The molecular formula is C22H32N2. The molecule has 2 rings (SSSR count). The Balaban J connectivity index is 2.06. The van der Waals surface area contributed by atoms with Crippen molar-refractivity contribution in [1.29, 1.82) is 0 Å². The molecule has 0 aromatic heterocycles. The maximum absolute atomic E-state index is 3.72. The molecular weight excluding hydrogens is 292 g/mol. The SMILES string of the molecule is CCC(C)(C)NCC(C)N(Cc1ccccc1)Cc1ccccc1. The van der Waals surface area contributed by atoms with Crippen molar-refractivity contribution in [3.8, 4) is 0 Å². The zero-order chi connectivity index (χ0) is 17.4. The number of benzene rings is 2. The third kappa shape index (κ3) is 6.10. The third-order valence-corrected chi connectivity index (χ3v) is 4.84. The molecule has 2 aromatic carbocycles. The molecule has 0 radical (unpaired) electrons. The molecule has 1 unspecified atom stereocenters. The van der Waals surface area contributed by atoms with Gasteiger partial charge in [-0.15, -0.1) is 0 Å². The Hall–Kier alpha value is -1.64. The molecule has 0 saturated heterocycles. The van der Waals surface area contributed by atoms with Crippen molar-refractivity contribution in [2.45, 2.75) is 58.8 Å². The second kappa shape index (κ2) is 9.00. The molecule has 0 heterocycles. The Kier molecular flexibility index (Phi) is 7.01. The van der Waals surface area contributed by atoms with E-state index in [0.717, 1.165) is 26.1 Å². The van der Waals surface area contributed by atoms with Crippen molar-refractivity contribution in [3.05, 3.63) is 71.8 Å². The van der Waals surface area contributed by atoms with E-state index in [1.165, 1.54) is 11.1 Å². The highest BCUT2D eigenvalue weighted by Crippen LogP contribution is 2.14. The lowest BCUT2D eigenvalue weighted by molar-refractivity contribution is 0.175. The quantitative estimate of drug-likeness (QED) is 0.709. The van der Waals surface area contributed by atoms with Crippen LogP contribution in [0.1, 0.15) is 45.2 Å². The summed E-state index contributed by atoms with van der Waals surface area (Å²) in [6.07, 6.45) is 1.14. The summed E-state index contributed by atoms with van der Waals surface area (Å²) < 4.78 is 0. The van der Waals surface area contributed by atoms with Crippen molar-refractivity contribution >= 4 is 0 Å². The highest BCUT2D eigenvalue weighted by Gasteiger charge is 2.19. The predicted molar refractivity (Wildman–Crippen MR) is 104 cm³/mol. The van der Waals surface area contributed by atoms with Crippen LogP contribution >= 0.6 is 0 Å². The molecule has 0 aliphatic heterocycles. The monoisotopic (exact) mass is 324 g/mol. The van der Waals surface area contributed by atoms with Gasteiger partial charge in [-0.1, -0.05) is 67.6 Å². The molecule has 1 atom stereocenters. The molecule has 0 fully saturated rings. The number of nitrogens with zero attached hydrogens (tertiary/aromatic N) is 1. The van der Waals surface area contributed by atoms with Gasteiger partial charge in [0, 0.05) is 31.2 Å². The fourth-order valence-corrected chi connectivity index (χ4v) is 2.68. The Bertz CT molecular complexity index is 536. The van der Waals surface area contributed by atoms with Crippen molar-refractivity contribution in [3.63, 3.8) is 0 Å². The van der Waals surface area contributed by atoms with E-state index in [2.05, 4.69) is 98.6 Å². The average Bonchev–Trinajstić information content (AvgIpc) is 2.61. The first-order valence-electron chi connectivity index (χ1n) is 9.07. The van der Waals surface area contributed by atoms with Crippen LogP contribution < -0.4 is 5.32 Å². The number of hydrogen-bond donors (Lipinski definition) is 1. The average molecular weight is 325 g/mol. The third-order valence-electron chi connectivity index (χ3n) is 4.84. The Morgan fingerprint density at radius 3 is 1.75 bits per heavy atom. The van der Waals surface area contributed by atoms with Gasteiger partial charge in [-0.3, -0.25) is 4.90 Å². The van der Waals surface area contributed by atoms with Crippen LogP contribution in [0.3, 0.4) is 0 Å². The fraction of sp³-hybridized carbons (Fsp3) is 0.455. The van der Waals surface area contributed by atoms with Gasteiger partial charge in [0.25, 0.3) is 0 Å². The van der Waals surface area contributed by atoms with E-state index in [0.29, 0.717) is 6.04 Å². The van der Waals surface area contributed by atoms with Gasteiger partial charge in [0.2, 0.25) is 0 Å². The lowest BCUT2D eigenvalue weighted by atomic mass is 10.0. The van der Waals surface area contributed by atoms with Crippen LogP contribution in [0.2, 0.25) is 0 Å². The van der Waals surface area contributed by atoms with E-state index >= 15 is 0 Å². The maximum atomic E-state index is 3.72. The van der Waals surface area contributed by atoms with Crippen molar-refractivity contribution in [2.75, 3.05) is 6.54 Å². The van der Waals surface area contributed by atoms with Crippen molar-refractivity contribution < 1.29 is 0 Å². The standard InChI is InChI=1S/C22H32N2/c1-5-22(3,4)23-16-19(2)24(17-20-12-8-6-9-13-20)18-21-14-10-7-11-15-21/h6-15,19,23H,5,16-18H2,1-4H3. The van der Waals surface area contributed by atoms with Crippen LogP contribution in [-0.4, -0.2) is 23.0 Å². The topological polar surface area (TPSA) is 15.3 Å². The summed E-state index contributed by atoms with van der Waals surface area (Å²) in [5.74, 6) is 0. The summed E-state index contributed by atoms with van der Waals surface area (Å²) >= 11 is 0. The largest absolute Gasteiger partial charge is 0.310 e. The lowest BCUT2D eigenvalue weighted by Gasteiger charge is -2.33. The van der Waals surface area contributed by atoms with Crippen LogP contribution in [0, 0.1) is 0 Å². The van der Waals surface area contributed by atoms with E-state index in [1.54, 1.807) is 0 Å². The zero-order valence-corrected chi connectivity index (χ0v) is 15.6. The van der Waals surface area contributed by atoms with Gasteiger partial charge in [-0.05, 0) is 38.3 Å². The molecule has 0 spiro atoms. The summed E-state index contributed by atoms with van der Waals surface area (Å²) in [5.41, 5.74) is 2.93. The van der Waals surface area contributed by atoms with Crippen LogP contribution in [0.5, 0.6) is 0 Å². The first-order chi connectivity index (χ1) is 11.5. The molecule has 1 N–H and O–H groups in total. The van der Waals surface area contributed by atoms with E-state index in [4.69, 9.17) is 0 Å². The minimum atomic E-state index is 0.194. The Morgan fingerprint density at radius 2 is 1.33 bits per heavy atom. The number of nitrogens with one attached hydrogen (secondary N) is 1. The number of hydrogen-bond acceptors (Lipinski definition) is 2. The lowest BCUT2D eigenvalue weighted by Crippen LogP contribution is -2.47. The second-order valence-corrected chi connectivity index (χ2v) is 7.34. The first kappa shape index (κ1) is 18.7. The Labute approximate surface area is 147 Å². The van der Waals surface area contributed by atoms with Gasteiger partial charge in [0.1, 0.15) is 0 Å². The zero-order valence-electron chi connectivity index (χ0n) is 15.6. The molecule has 2 heteroatoms. The van der Waals surface area contributed by atoms with Crippen LogP contribution in [0.25, 0.3) is 0 Å². The van der Waals surface area contributed by atoms with Gasteiger partial charge in [-0.25, -0.2) is 0 Å². The molecule has 0 aliphatic rings. The normalized spacial score (nSPS) is 13.2. The Morgan fingerprint density at radius 1 is 0.875 bits per heavy atom. The molecule has 0 amide bonds. The summed E-state index contributed by atoms with van der Waals surface area (Å²) in [6, 6.07) is 22.0. The number of rotatable bonds is 9. The van der Waals surface area contributed by atoms with Crippen LogP contribution in [-0.2, 0) is 13.1 Å². The summed E-state index contributed by atoms with van der Waals surface area (Å²) in [4.78, 5) is 2.56. The minimum Gasteiger partial charge on any atom is -0.310 e. The van der Waals surface area contributed by atoms with E-state index in [-0.39, 0.29) is 5.54 Å². The molecule has 2 nitrogen and oxygen atoms in total. The van der Waals surface area contributed by atoms with Gasteiger partial charge in [0.05, 0.1) is 0 Å². The molecule has 24 heavy (non-hydrogen) atoms. The summed E-state index contributed by atoms with van der Waals surface area (Å²) in [5, 5.41) is 3.72. The highest BCUT2D eigenvalue weighted by atomic mass is 15.2. The van der Waals surface area contributed by atoms with Gasteiger partial charge in [-0.2, -0.15) is 0 Å². The van der Waals surface area contributed by atoms with Gasteiger partial charge in [0.15, 0.2) is 0 Å². The predicted octanol–water partition coefficient (Wildman–Crippen LogP) is 4.86. The molecule has 2 aromatic rings. The van der Waals surface area contributed by atoms with E-state index < -0.39 is 0 Å². The molecule has 0 bridgehead atoms. The molecule has 130 valence electrons. The second-order valence-electron chi connectivity index (χ2n) is 7.34. The van der Waals surface area contributed by atoms with Crippen LogP contribution in [0.15, 0.2) is 60.7 Å². The van der Waals surface area contributed by atoms with E-state index in [9.17, 15) is 0 Å². The molecule has 0 saturated carbocycles. The van der Waals surface area contributed by atoms with E-state index in [1.807, 2.05) is 0 Å². The maximum Gasteiger partial charge on any atom is 0.0240 e. The van der Waals surface area contributed by atoms with Crippen LogP contribution in [0.4, 0.5) is 0 Å². The summed E-state index contributed by atoms with van der Waals surface area (Å²) in [6.45, 7) is 12.1. The van der Waals surface area contributed by atoms with Crippen molar-refractivity contribution in [1.82, 2.24) is 10.2 Å². The van der Waals surface area contributed by atoms with Gasteiger partial charge >= 0.3 is 0 Å². The van der Waals surface area contributed by atoms with Crippen molar-refractivity contribution in [2.24, 2.45) is 0 Å². The molecule has 0 aliphatic carbocycles.